The number of halogens is 2. The molecule has 0 atom stereocenters. The van der Waals surface area contributed by atoms with Crippen molar-refractivity contribution < 1.29 is 13.6 Å². The van der Waals surface area contributed by atoms with E-state index < -0.39 is 11.6 Å². The van der Waals surface area contributed by atoms with Crippen LogP contribution in [0.15, 0.2) is 42.5 Å². The number of nitrogens with zero attached hydrogens (tertiary/aromatic N) is 2. The second-order valence-electron chi connectivity index (χ2n) is 6.51. The van der Waals surface area contributed by atoms with Gasteiger partial charge in [-0.15, -0.1) is 0 Å². The fourth-order valence-corrected chi connectivity index (χ4v) is 3.12. The third kappa shape index (κ3) is 4.50. The van der Waals surface area contributed by atoms with E-state index in [-0.39, 0.29) is 5.91 Å². The van der Waals surface area contributed by atoms with Crippen molar-refractivity contribution in [1.29, 1.82) is 0 Å². The Morgan fingerprint density at radius 1 is 1.04 bits per heavy atom. The fraction of sp³-hybridized carbons (Fsp3) is 0.350. The number of nitrogens with one attached hydrogen (secondary N) is 1. The zero-order valence-electron chi connectivity index (χ0n) is 14.8. The van der Waals surface area contributed by atoms with E-state index in [1.165, 1.54) is 17.3 Å². The SMILES string of the molecule is Cc1cccc(N2CCN(C(=O)CCNc3ccc(F)c(F)c3)CC2)c1. The molecule has 2 aromatic carbocycles. The molecule has 3 rings (SSSR count). The molecule has 1 N–H and O–H groups in total. The Labute approximate surface area is 152 Å². The van der Waals surface area contributed by atoms with E-state index >= 15 is 0 Å². The Morgan fingerprint density at radius 2 is 1.81 bits per heavy atom. The number of carbonyl (C=O) groups is 1. The van der Waals surface area contributed by atoms with Gasteiger partial charge < -0.3 is 15.1 Å². The van der Waals surface area contributed by atoms with Crippen molar-refractivity contribution in [2.75, 3.05) is 42.9 Å². The summed E-state index contributed by atoms with van der Waals surface area (Å²) in [5.41, 5.74) is 2.89. The molecule has 1 amide bonds. The average Bonchev–Trinajstić information content (AvgIpc) is 2.65. The highest BCUT2D eigenvalue weighted by Gasteiger charge is 2.21. The van der Waals surface area contributed by atoms with E-state index in [0.717, 1.165) is 25.2 Å². The zero-order valence-corrected chi connectivity index (χ0v) is 14.8. The van der Waals surface area contributed by atoms with Crippen molar-refractivity contribution >= 4 is 17.3 Å². The van der Waals surface area contributed by atoms with Crippen molar-refractivity contribution in [3.63, 3.8) is 0 Å². The summed E-state index contributed by atoms with van der Waals surface area (Å²) in [5.74, 6) is -1.70. The summed E-state index contributed by atoms with van der Waals surface area (Å²) in [6, 6.07) is 12.0. The molecule has 4 nitrogen and oxygen atoms in total. The molecule has 0 unspecified atom stereocenters. The topological polar surface area (TPSA) is 35.6 Å². The third-order valence-electron chi connectivity index (χ3n) is 4.59. The molecule has 1 fully saturated rings. The number of anilines is 2. The van der Waals surface area contributed by atoms with Crippen LogP contribution >= 0.6 is 0 Å². The summed E-state index contributed by atoms with van der Waals surface area (Å²) in [6.45, 7) is 5.47. The van der Waals surface area contributed by atoms with Gasteiger partial charge in [-0.3, -0.25) is 4.79 Å². The van der Waals surface area contributed by atoms with Crippen LogP contribution in [0.4, 0.5) is 20.2 Å². The highest BCUT2D eigenvalue weighted by Crippen LogP contribution is 2.18. The smallest absolute Gasteiger partial charge is 0.224 e. The minimum absolute atomic E-state index is 0.0731. The predicted octanol–water partition coefficient (Wildman–Crippen LogP) is 3.42. The Balaban J connectivity index is 1.44. The van der Waals surface area contributed by atoms with Gasteiger partial charge in [-0.25, -0.2) is 8.78 Å². The maximum absolute atomic E-state index is 13.2. The van der Waals surface area contributed by atoms with E-state index in [1.54, 1.807) is 0 Å². The Bertz CT molecular complexity index is 773. The van der Waals surface area contributed by atoms with Crippen LogP contribution in [-0.2, 0) is 4.79 Å². The van der Waals surface area contributed by atoms with Crippen molar-refractivity contribution in [3.05, 3.63) is 59.7 Å². The van der Waals surface area contributed by atoms with E-state index in [4.69, 9.17) is 0 Å². The second kappa shape index (κ2) is 8.17. The molecule has 0 saturated carbocycles. The number of piperazine rings is 1. The number of amides is 1. The molecule has 138 valence electrons. The van der Waals surface area contributed by atoms with Gasteiger partial charge in [0.25, 0.3) is 0 Å². The van der Waals surface area contributed by atoms with Gasteiger partial charge in [0.2, 0.25) is 5.91 Å². The quantitative estimate of drug-likeness (QED) is 0.889. The largest absolute Gasteiger partial charge is 0.384 e. The number of hydrogen-bond acceptors (Lipinski definition) is 3. The lowest BCUT2D eigenvalue weighted by atomic mass is 10.2. The van der Waals surface area contributed by atoms with Crippen molar-refractivity contribution in [3.8, 4) is 0 Å². The molecule has 1 heterocycles. The van der Waals surface area contributed by atoms with E-state index in [9.17, 15) is 13.6 Å². The summed E-state index contributed by atoms with van der Waals surface area (Å²) in [7, 11) is 0. The van der Waals surface area contributed by atoms with Crippen LogP contribution in [0.5, 0.6) is 0 Å². The summed E-state index contributed by atoms with van der Waals surface area (Å²) >= 11 is 0. The third-order valence-corrected chi connectivity index (χ3v) is 4.59. The zero-order chi connectivity index (χ0) is 18.5. The Hall–Kier alpha value is -2.63. The summed E-state index contributed by atoms with van der Waals surface area (Å²) in [5, 5.41) is 2.96. The van der Waals surface area contributed by atoms with Gasteiger partial charge in [0.05, 0.1) is 0 Å². The van der Waals surface area contributed by atoms with Gasteiger partial charge in [0.1, 0.15) is 0 Å². The minimum atomic E-state index is -0.895. The first-order chi connectivity index (χ1) is 12.5. The molecule has 0 aliphatic carbocycles. The van der Waals surface area contributed by atoms with Gasteiger partial charge in [-0.05, 0) is 42.8 Å². The van der Waals surface area contributed by atoms with Crippen molar-refractivity contribution in [2.45, 2.75) is 13.3 Å². The first-order valence-corrected chi connectivity index (χ1v) is 8.81. The number of benzene rings is 2. The molecular weight excluding hydrogens is 336 g/mol. The minimum Gasteiger partial charge on any atom is -0.384 e. The van der Waals surface area contributed by atoms with Gasteiger partial charge >= 0.3 is 0 Å². The summed E-state index contributed by atoms with van der Waals surface area (Å²) < 4.78 is 26.1. The molecular formula is C20H23F2N3O. The molecule has 1 aliphatic heterocycles. The van der Waals surface area contributed by atoms with E-state index in [0.29, 0.717) is 31.7 Å². The first kappa shape index (κ1) is 18.2. The molecule has 0 bridgehead atoms. The van der Waals surface area contributed by atoms with Crippen molar-refractivity contribution in [1.82, 2.24) is 4.90 Å². The van der Waals surface area contributed by atoms with E-state index in [1.807, 2.05) is 11.0 Å². The highest BCUT2D eigenvalue weighted by atomic mass is 19.2. The standard InChI is InChI=1S/C20H23F2N3O/c1-15-3-2-4-17(13-15)24-9-11-25(12-10-24)20(26)7-8-23-16-5-6-18(21)19(22)14-16/h2-6,13-14,23H,7-12H2,1H3. The Morgan fingerprint density at radius 3 is 2.50 bits per heavy atom. The maximum Gasteiger partial charge on any atom is 0.224 e. The van der Waals surface area contributed by atoms with Gasteiger partial charge in [0, 0.05) is 50.5 Å². The molecule has 0 spiro atoms. The number of carbonyl (C=O) groups excluding carboxylic acids is 1. The molecule has 1 aliphatic rings. The van der Waals surface area contributed by atoms with Crippen LogP contribution in [0.3, 0.4) is 0 Å². The summed E-state index contributed by atoms with van der Waals surface area (Å²) in [4.78, 5) is 16.5. The fourth-order valence-electron chi connectivity index (χ4n) is 3.12. The predicted molar refractivity (Wildman–Crippen MR) is 99.4 cm³/mol. The Kier molecular flexibility index (Phi) is 5.71. The van der Waals surface area contributed by atoms with Crippen LogP contribution < -0.4 is 10.2 Å². The number of rotatable bonds is 5. The van der Waals surface area contributed by atoms with Gasteiger partial charge in [-0.1, -0.05) is 12.1 Å². The lowest BCUT2D eigenvalue weighted by molar-refractivity contribution is -0.131. The molecule has 0 aromatic heterocycles. The van der Waals surface area contributed by atoms with Crippen LogP contribution in [-0.4, -0.2) is 43.5 Å². The lowest BCUT2D eigenvalue weighted by Gasteiger charge is -2.36. The molecule has 26 heavy (non-hydrogen) atoms. The monoisotopic (exact) mass is 359 g/mol. The number of hydrogen-bond donors (Lipinski definition) is 1. The highest BCUT2D eigenvalue weighted by molar-refractivity contribution is 5.77. The molecule has 0 radical (unpaired) electrons. The van der Waals surface area contributed by atoms with Crippen molar-refractivity contribution in [2.24, 2.45) is 0 Å². The first-order valence-electron chi connectivity index (χ1n) is 8.81. The molecule has 6 heteroatoms. The molecule has 2 aromatic rings. The van der Waals surface area contributed by atoms with Gasteiger partial charge in [-0.2, -0.15) is 0 Å². The average molecular weight is 359 g/mol. The van der Waals surface area contributed by atoms with Gasteiger partial charge in [0.15, 0.2) is 11.6 Å². The normalized spacial score (nSPS) is 14.4. The maximum atomic E-state index is 13.2. The molecule has 1 saturated heterocycles. The lowest BCUT2D eigenvalue weighted by Crippen LogP contribution is -2.49. The summed E-state index contributed by atoms with van der Waals surface area (Å²) in [6.07, 6.45) is 0.323. The van der Waals surface area contributed by atoms with E-state index in [2.05, 4.69) is 35.3 Å². The second-order valence-corrected chi connectivity index (χ2v) is 6.51. The number of aryl methyl sites for hydroxylation is 1. The van der Waals surface area contributed by atoms with Crippen LogP contribution in [0, 0.1) is 18.6 Å². The van der Waals surface area contributed by atoms with Crippen LogP contribution in [0.1, 0.15) is 12.0 Å². The van der Waals surface area contributed by atoms with Crippen LogP contribution in [0.2, 0.25) is 0 Å². The van der Waals surface area contributed by atoms with Crippen LogP contribution in [0.25, 0.3) is 0 Å².